The van der Waals surface area contributed by atoms with Crippen molar-refractivity contribution < 1.29 is 19.1 Å². The summed E-state index contributed by atoms with van der Waals surface area (Å²) in [7, 11) is 1.28. The van der Waals surface area contributed by atoms with Gasteiger partial charge in [-0.05, 0) is 36.7 Å². The van der Waals surface area contributed by atoms with Crippen molar-refractivity contribution in [2.75, 3.05) is 7.11 Å². The fourth-order valence-electron chi connectivity index (χ4n) is 3.45. The molecule has 1 aliphatic carbocycles. The number of fused-ring (bicyclic) bond motifs is 1. The lowest BCUT2D eigenvalue weighted by Crippen LogP contribution is -2.59. The quantitative estimate of drug-likeness (QED) is 0.323. The number of thiocarbonyl (C=S) groups is 1. The van der Waals surface area contributed by atoms with Crippen molar-refractivity contribution in [2.24, 2.45) is 10.9 Å². The Morgan fingerprint density at radius 1 is 1.38 bits per heavy atom. The van der Waals surface area contributed by atoms with Crippen LogP contribution in [0, 0.1) is 5.92 Å². The van der Waals surface area contributed by atoms with Crippen molar-refractivity contribution in [3.63, 3.8) is 0 Å². The second-order valence-corrected chi connectivity index (χ2v) is 7.50. The van der Waals surface area contributed by atoms with E-state index in [1.165, 1.54) is 18.2 Å². The summed E-state index contributed by atoms with van der Waals surface area (Å²) in [6, 6.07) is 6.89. The number of nitrogens with one attached hydrogen (secondary N) is 2. The molecule has 2 aromatic rings. The smallest absolute Gasteiger partial charge is 0.330 e. The molecule has 2 heterocycles. The van der Waals surface area contributed by atoms with E-state index in [0.29, 0.717) is 0 Å². The molecule has 2 amide bonds. The van der Waals surface area contributed by atoms with E-state index in [0.717, 1.165) is 29.3 Å². The molecule has 1 saturated carbocycles. The maximum absolute atomic E-state index is 12.7. The molecule has 2 N–H and O–H groups in total. The zero-order valence-corrected chi connectivity index (χ0v) is 16.6. The van der Waals surface area contributed by atoms with Crippen LogP contribution in [0.15, 0.2) is 35.5 Å². The third kappa shape index (κ3) is 3.77. The van der Waals surface area contributed by atoms with Crippen LogP contribution < -0.4 is 5.32 Å². The number of para-hydroxylation sites is 1. The number of hydrogen-bond donors (Lipinski definition) is 2. The normalized spacial score (nSPS) is 20.9. The Bertz CT molecular complexity index is 1030. The number of methoxy groups -OCH3 is 1. The minimum absolute atomic E-state index is 0.0362. The standard InChI is InChI=1S/C20H20N4O4S/c1-28-19(27)16(8-11-9-21-15-5-3-2-4-13(11)15)22-10-14-17(25)23-20(29)24(18(14)26)12-6-7-12/h2-5,9-10,12,14,16,21H,6-8H2,1H3,(H,23,25,29)/t14?,16-/m1/s1. The molecule has 2 atom stereocenters. The Hall–Kier alpha value is -3.07. The molecule has 0 spiro atoms. The predicted molar refractivity (Wildman–Crippen MR) is 110 cm³/mol. The predicted octanol–water partition coefficient (Wildman–Crippen LogP) is 1.34. The van der Waals surface area contributed by atoms with Gasteiger partial charge in [-0.2, -0.15) is 0 Å². The first kappa shape index (κ1) is 19.3. The number of aromatic nitrogens is 1. The van der Waals surface area contributed by atoms with E-state index in [9.17, 15) is 14.4 Å². The van der Waals surface area contributed by atoms with Gasteiger partial charge in [-0.1, -0.05) is 18.2 Å². The topological polar surface area (TPSA) is 104 Å². The zero-order chi connectivity index (χ0) is 20.5. The van der Waals surface area contributed by atoms with Gasteiger partial charge in [0.1, 0.15) is 0 Å². The van der Waals surface area contributed by atoms with Crippen molar-refractivity contribution in [3.8, 4) is 0 Å². The number of nitrogens with zero attached hydrogens (tertiary/aromatic N) is 2. The molecule has 2 aliphatic rings. The van der Waals surface area contributed by atoms with E-state index < -0.39 is 29.7 Å². The number of aromatic amines is 1. The number of ether oxygens (including phenoxy) is 1. The van der Waals surface area contributed by atoms with Crippen LogP contribution in [0.5, 0.6) is 0 Å². The van der Waals surface area contributed by atoms with Crippen LogP contribution in [0.3, 0.4) is 0 Å². The molecular formula is C20H20N4O4S. The van der Waals surface area contributed by atoms with Gasteiger partial charge in [0.2, 0.25) is 11.8 Å². The van der Waals surface area contributed by atoms with Gasteiger partial charge in [0, 0.05) is 35.8 Å². The summed E-state index contributed by atoms with van der Waals surface area (Å²) in [6.07, 6.45) is 5.06. The molecule has 1 saturated heterocycles. The van der Waals surface area contributed by atoms with Crippen LogP contribution in [0.1, 0.15) is 18.4 Å². The van der Waals surface area contributed by atoms with Crippen LogP contribution in [0.2, 0.25) is 0 Å². The molecule has 2 fully saturated rings. The summed E-state index contributed by atoms with van der Waals surface area (Å²) in [6.45, 7) is 0. The van der Waals surface area contributed by atoms with Gasteiger partial charge in [-0.25, -0.2) is 4.79 Å². The van der Waals surface area contributed by atoms with Gasteiger partial charge in [-0.3, -0.25) is 19.5 Å². The van der Waals surface area contributed by atoms with Crippen LogP contribution in [-0.2, 0) is 25.5 Å². The second-order valence-electron chi connectivity index (χ2n) is 7.11. The fourth-order valence-corrected chi connectivity index (χ4v) is 3.79. The molecule has 1 aliphatic heterocycles. The number of hydrogen-bond acceptors (Lipinski definition) is 6. The van der Waals surface area contributed by atoms with Gasteiger partial charge < -0.3 is 15.0 Å². The SMILES string of the molecule is COC(=O)[C@@H](Cc1c[nH]c2ccccc12)N=CC1C(=O)NC(=S)N(C2CC2)C1=O. The van der Waals surface area contributed by atoms with Gasteiger partial charge >= 0.3 is 5.97 Å². The first-order chi connectivity index (χ1) is 14.0. The summed E-state index contributed by atoms with van der Waals surface area (Å²) in [5.74, 6) is -2.58. The first-order valence-corrected chi connectivity index (χ1v) is 9.74. The molecule has 8 nitrogen and oxygen atoms in total. The Labute approximate surface area is 172 Å². The largest absolute Gasteiger partial charge is 0.467 e. The van der Waals surface area contributed by atoms with Crippen LogP contribution in [-0.4, -0.2) is 58.2 Å². The number of aliphatic imine (C=N–C) groups is 1. The average Bonchev–Trinajstić information content (AvgIpc) is 3.46. The number of carbonyl (C=O) groups is 3. The molecule has 0 radical (unpaired) electrons. The van der Waals surface area contributed by atoms with Crippen molar-refractivity contribution in [3.05, 3.63) is 36.0 Å². The lowest BCUT2D eigenvalue weighted by Gasteiger charge is -2.31. The summed E-state index contributed by atoms with van der Waals surface area (Å²) < 4.78 is 4.87. The highest BCUT2D eigenvalue weighted by molar-refractivity contribution is 7.80. The van der Waals surface area contributed by atoms with Crippen molar-refractivity contribution in [1.82, 2.24) is 15.2 Å². The van der Waals surface area contributed by atoms with Gasteiger partial charge in [0.05, 0.1) is 7.11 Å². The summed E-state index contributed by atoms with van der Waals surface area (Å²) in [4.78, 5) is 46.2. The van der Waals surface area contributed by atoms with E-state index in [-0.39, 0.29) is 17.6 Å². The zero-order valence-electron chi connectivity index (χ0n) is 15.8. The maximum atomic E-state index is 12.7. The van der Waals surface area contributed by atoms with Crippen molar-refractivity contribution >= 4 is 52.2 Å². The Morgan fingerprint density at radius 3 is 2.86 bits per heavy atom. The van der Waals surface area contributed by atoms with Crippen LogP contribution >= 0.6 is 12.2 Å². The number of amides is 2. The molecule has 1 aromatic heterocycles. The second kappa shape index (κ2) is 7.75. The molecule has 1 aromatic carbocycles. The number of esters is 1. The molecule has 29 heavy (non-hydrogen) atoms. The van der Waals surface area contributed by atoms with Gasteiger partial charge in [0.15, 0.2) is 17.1 Å². The Kier molecular flexibility index (Phi) is 5.14. The minimum Gasteiger partial charge on any atom is -0.467 e. The average molecular weight is 412 g/mol. The Balaban J connectivity index is 1.56. The molecule has 150 valence electrons. The van der Waals surface area contributed by atoms with Gasteiger partial charge in [-0.15, -0.1) is 0 Å². The van der Waals surface area contributed by atoms with Crippen LogP contribution in [0.4, 0.5) is 0 Å². The summed E-state index contributed by atoms with van der Waals surface area (Å²) in [5.41, 5.74) is 1.85. The highest BCUT2D eigenvalue weighted by atomic mass is 32.1. The third-order valence-corrected chi connectivity index (χ3v) is 5.42. The molecule has 0 bridgehead atoms. The Morgan fingerprint density at radius 2 is 2.14 bits per heavy atom. The number of H-pyrrole nitrogens is 1. The van der Waals surface area contributed by atoms with E-state index in [1.54, 1.807) is 0 Å². The molecular weight excluding hydrogens is 392 g/mol. The number of rotatable bonds is 6. The molecule has 9 heteroatoms. The van der Waals surface area contributed by atoms with Gasteiger partial charge in [0.25, 0.3) is 0 Å². The van der Waals surface area contributed by atoms with E-state index in [1.807, 2.05) is 30.5 Å². The highest BCUT2D eigenvalue weighted by Gasteiger charge is 2.44. The monoisotopic (exact) mass is 412 g/mol. The molecule has 1 unspecified atom stereocenters. The lowest BCUT2D eigenvalue weighted by atomic mass is 10.0. The lowest BCUT2D eigenvalue weighted by molar-refractivity contribution is -0.142. The third-order valence-electron chi connectivity index (χ3n) is 5.12. The maximum Gasteiger partial charge on any atom is 0.330 e. The number of carbonyl (C=O) groups excluding carboxylic acids is 3. The fraction of sp³-hybridized carbons (Fsp3) is 0.350. The van der Waals surface area contributed by atoms with Crippen molar-refractivity contribution in [1.29, 1.82) is 0 Å². The summed E-state index contributed by atoms with van der Waals surface area (Å²) >= 11 is 5.12. The van der Waals surface area contributed by atoms with E-state index in [2.05, 4.69) is 15.3 Å². The molecule has 4 rings (SSSR count). The highest BCUT2D eigenvalue weighted by Crippen LogP contribution is 2.29. The van der Waals surface area contributed by atoms with E-state index in [4.69, 9.17) is 17.0 Å². The minimum atomic E-state index is -1.11. The van der Waals surface area contributed by atoms with Crippen LogP contribution in [0.25, 0.3) is 10.9 Å². The summed E-state index contributed by atoms with van der Waals surface area (Å²) in [5, 5.41) is 3.67. The first-order valence-electron chi connectivity index (χ1n) is 9.33. The van der Waals surface area contributed by atoms with E-state index >= 15 is 0 Å². The number of benzene rings is 1. The van der Waals surface area contributed by atoms with Crippen molar-refractivity contribution in [2.45, 2.75) is 31.3 Å².